The van der Waals surface area contributed by atoms with Crippen LogP contribution in [-0.4, -0.2) is 18.5 Å². The van der Waals surface area contributed by atoms with Crippen LogP contribution in [0.2, 0.25) is 0 Å². The van der Waals surface area contributed by atoms with Crippen molar-refractivity contribution in [3.8, 4) is 0 Å². The molecule has 0 radical (unpaired) electrons. The number of hydrogen-bond acceptors (Lipinski definition) is 3. The average molecular weight is 168 g/mol. The minimum atomic E-state index is -0.520. The summed E-state index contributed by atoms with van der Waals surface area (Å²) in [5, 5.41) is 0. The fourth-order valence-corrected chi connectivity index (χ4v) is 0.480. The van der Waals surface area contributed by atoms with E-state index in [1.165, 1.54) is 0 Å². The molecule has 0 bridgehead atoms. The predicted molar refractivity (Wildman–Crippen MR) is 42.7 cm³/mol. The van der Waals surface area contributed by atoms with Crippen LogP contribution in [0.25, 0.3) is 0 Å². The van der Waals surface area contributed by atoms with E-state index in [9.17, 15) is 4.79 Å². The minimum Gasteiger partial charge on any atom is -0.368 e. The lowest BCUT2D eigenvalue weighted by Gasteiger charge is -2.03. The minimum absolute atomic E-state index is 0. The van der Waals surface area contributed by atoms with Crippen molar-refractivity contribution in [2.45, 2.75) is 18.9 Å². The monoisotopic (exact) mass is 167 g/mol. The quantitative estimate of drug-likeness (QED) is 0.499. The first-order valence-corrected chi connectivity index (χ1v) is 2.93. The number of amides is 1. The maximum atomic E-state index is 10.3. The van der Waals surface area contributed by atoms with Crippen molar-refractivity contribution in [1.29, 1.82) is 0 Å². The third kappa shape index (κ3) is 5.81. The van der Waals surface area contributed by atoms with Crippen LogP contribution in [0.3, 0.4) is 0 Å². The zero-order valence-electron chi connectivity index (χ0n) is 5.75. The molecule has 0 aromatic rings. The van der Waals surface area contributed by atoms with Gasteiger partial charge in [-0.25, -0.2) is 0 Å². The maximum absolute atomic E-state index is 10.3. The van der Waals surface area contributed by atoms with Crippen molar-refractivity contribution >= 4 is 18.3 Å². The topological polar surface area (TPSA) is 95.1 Å². The predicted octanol–water partition coefficient (Wildman–Crippen LogP) is -1.04. The number of halogens is 1. The molecule has 0 heterocycles. The molecule has 0 aliphatic rings. The summed E-state index contributed by atoms with van der Waals surface area (Å²) in [5.74, 6) is -0.455. The van der Waals surface area contributed by atoms with Crippen molar-refractivity contribution in [3.63, 3.8) is 0 Å². The summed E-state index contributed by atoms with van der Waals surface area (Å²) < 4.78 is 0. The van der Waals surface area contributed by atoms with E-state index in [0.29, 0.717) is 13.0 Å². The van der Waals surface area contributed by atoms with Gasteiger partial charge in [-0.2, -0.15) is 0 Å². The van der Waals surface area contributed by atoms with Gasteiger partial charge in [-0.3, -0.25) is 4.79 Å². The molecule has 0 spiro atoms. The van der Waals surface area contributed by atoms with Crippen molar-refractivity contribution in [2.24, 2.45) is 17.2 Å². The molecule has 0 aliphatic carbocycles. The van der Waals surface area contributed by atoms with Crippen LogP contribution in [0, 0.1) is 0 Å². The van der Waals surface area contributed by atoms with E-state index in [0.717, 1.165) is 6.42 Å². The molecule has 0 saturated heterocycles. The molecule has 0 aromatic heterocycles. The lowest BCUT2D eigenvalue weighted by atomic mass is 10.1. The molecule has 0 aliphatic heterocycles. The largest absolute Gasteiger partial charge is 0.368 e. The number of primary amides is 1. The van der Waals surface area contributed by atoms with Gasteiger partial charge in [0.2, 0.25) is 5.91 Å². The zero-order chi connectivity index (χ0) is 7.28. The molecular formula is C5H14ClN3O. The van der Waals surface area contributed by atoms with Crippen molar-refractivity contribution in [1.82, 2.24) is 0 Å². The lowest BCUT2D eigenvalue weighted by molar-refractivity contribution is -0.119. The van der Waals surface area contributed by atoms with Gasteiger partial charge < -0.3 is 17.2 Å². The lowest BCUT2D eigenvalue weighted by Crippen LogP contribution is -2.36. The van der Waals surface area contributed by atoms with Crippen LogP contribution in [0.1, 0.15) is 12.8 Å². The van der Waals surface area contributed by atoms with E-state index in [4.69, 9.17) is 17.2 Å². The number of nitrogens with two attached hydrogens (primary N) is 3. The summed E-state index contributed by atoms with van der Waals surface area (Å²) in [7, 11) is 0. The SMILES string of the molecule is Cl.NCCCC(N)C(N)=O. The molecule has 1 unspecified atom stereocenters. The molecule has 0 fully saturated rings. The molecule has 0 aromatic carbocycles. The van der Waals surface area contributed by atoms with Crippen LogP contribution in [0.4, 0.5) is 0 Å². The van der Waals surface area contributed by atoms with Gasteiger partial charge in [-0.15, -0.1) is 12.4 Å². The second-order valence-electron chi connectivity index (χ2n) is 1.94. The summed E-state index contributed by atoms with van der Waals surface area (Å²) in [4.78, 5) is 10.3. The molecular weight excluding hydrogens is 154 g/mol. The van der Waals surface area contributed by atoms with Gasteiger partial charge in [0.25, 0.3) is 0 Å². The maximum Gasteiger partial charge on any atom is 0.234 e. The Kier molecular flexibility index (Phi) is 8.40. The Bertz CT molecular complexity index is 98.9. The van der Waals surface area contributed by atoms with E-state index in [-0.39, 0.29) is 12.4 Å². The summed E-state index contributed by atoms with van der Waals surface area (Å²) in [5.41, 5.74) is 15.3. The highest BCUT2D eigenvalue weighted by Crippen LogP contribution is 1.89. The van der Waals surface area contributed by atoms with E-state index >= 15 is 0 Å². The van der Waals surface area contributed by atoms with Crippen LogP contribution in [-0.2, 0) is 4.79 Å². The van der Waals surface area contributed by atoms with Crippen LogP contribution < -0.4 is 17.2 Å². The number of hydrogen-bond donors (Lipinski definition) is 3. The molecule has 0 saturated carbocycles. The van der Waals surface area contributed by atoms with Crippen molar-refractivity contribution in [2.75, 3.05) is 6.54 Å². The highest BCUT2D eigenvalue weighted by molar-refractivity contribution is 5.85. The number of carbonyl (C=O) groups excluding carboxylic acids is 1. The van der Waals surface area contributed by atoms with Gasteiger partial charge in [0.1, 0.15) is 0 Å². The van der Waals surface area contributed by atoms with Gasteiger partial charge in [0.05, 0.1) is 6.04 Å². The summed E-state index contributed by atoms with van der Waals surface area (Å²) in [6.07, 6.45) is 1.34. The molecule has 1 atom stereocenters. The van der Waals surface area contributed by atoms with Gasteiger partial charge in [-0.05, 0) is 19.4 Å². The Morgan fingerprint density at radius 2 is 2.00 bits per heavy atom. The van der Waals surface area contributed by atoms with E-state index < -0.39 is 11.9 Å². The van der Waals surface area contributed by atoms with Crippen LogP contribution in [0.5, 0.6) is 0 Å². The molecule has 1 amide bonds. The summed E-state index contributed by atoms with van der Waals surface area (Å²) in [6, 6.07) is -0.520. The van der Waals surface area contributed by atoms with Gasteiger partial charge in [0.15, 0.2) is 0 Å². The molecule has 10 heavy (non-hydrogen) atoms. The Morgan fingerprint density at radius 1 is 1.50 bits per heavy atom. The van der Waals surface area contributed by atoms with Crippen LogP contribution in [0.15, 0.2) is 0 Å². The summed E-state index contributed by atoms with van der Waals surface area (Å²) >= 11 is 0. The smallest absolute Gasteiger partial charge is 0.234 e. The Labute approximate surface area is 66.5 Å². The summed E-state index contributed by atoms with van der Waals surface area (Å²) in [6.45, 7) is 0.557. The van der Waals surface area contributed by atoms with E-state index in [1.54, 1.807) is 0 Å². The van der Waals surface area contributed by atoms with E-state index in [2.05, 4.69) is 0 Å². The number of rotatable bonds is 4. The normalized spacial score (nSPS) is 11.8. The fourth-order valence-electron chi connectivity index (χ4n) is 0.480. The van der Waals surface area contributed by atoms with E-state index in [1.807, 2.05) is 0 Å². The van der Waals surface area contributed by atoms with Crippen LogP contribution >= 0.6 is 12.4 Å². The molecule has 6 N–H and O–H groups in total. The Hall–Kier alpha value is -0.320. The molecule has 4 nitrogen and oxygen atoms in total. The number of carbonyl (C=O) groups is 1. The molecule has 0 rings (SSSR count). The fraction of sp³-hybridized carbons (Fsp3) is 0.800. The highest BCUT2D eigenvalue weighted by atomic mass is 35.5. The van der Waals surface area contributed by atoms with Crippen molar-refractivity contribution in [3.05, 3.63) is 0 Å². The highest BCUT2D eigenvalue weighted by Gasteiger charge is 2.06. The van der Waals surface area contributed by atoms with Gasteiger partial charge >= 0.3 is 0 Å². The zero-order valence-corrected chi connectivity index (χ0v) is 6.56. The molecule has 5 heteroatoms. The second-order valence-corrected chi connectivity index (χ2v) is 1.94. The molecule has 62 valence electrons. The van der Waals surface area contributed by atoms with Gasteiger partial charge in [-0.1, -0.05) is 0 Å². The first-order valence-electron chi connectivity index (χ1n) is 2.93. The third-order valence-electron chi connectivity index (χ3n) is 1.08. The first kappa shape index (κ1) is 12.4. The third-order valence-corrected chi connectivity index (χ3v) is 1.08. The first-order chi connectivity index (χ1) is 4.18. The standard InChI is InChI=1S/C5H13N3O.ClH/c6-3-1-2-4(7)5(8)9;/h4H,1-3,6-7H2,(H2,8,9);1H. The average Bonchev–Trinajstić information content (AvgIpc) is 1.82. The second kappa shape index (κ2) is 6.80. The Morgan fingerprint density at radius 3 is 2.30 bits per heavy atom. The van der Waals surface area contributed by atoms with Gasteiger partial charge in [0, 0.05) is 0 Å². The Balaban J connectivity index is 0. The van der Waals surface area contributed by atoms with Crippen molar-refractivity contribution < 1.29 is 4.79 Å².